The number of allylic oxidation sites excluding steroid dienone is 1. The largest absolute Gasteiger partial charge is 0.498 e. The minimum absolute atomic E-state index is 0.170. The Bertz CT molecular complexity index is 2860. The van der Waals surface area contributed by atoms with Crippen LogP contribution in [0.15, 0.2) is 113 Å². The highest BCUT2D eigenvalue weighted by atomic mass is 79.9. The Morgan fingerprint density at radius 3 is 1.70 bits per heavy atom. The zero-order chi connectivity index (χ0) is 49.1. The maximum absolute atomic E-state index is 13.5. The molecular weight excluding hydrogens is 943 g/mol. The van der Waals surface area contributed by atoms with E-state index in [0.29, 0.717) is 18.3 Å². The topological polar surface area (TPSA) is 116 Å². The van der Waals surface area contributed by atoms with Gasteiger partial charge in [0.05, 0.1) is 28.6 Å². The van der Waals surface area contributed by atoms with Crippen LogP contribution in [0.4, 0.5) is 25.0 Å². The third kappa shape index (κ3) is 9.74. The van der Waals surface area contributed by atoms with E-state index in [0.717, 1.165) is 99.2 Å². The molecular formula is C54H57BBrF2N5O6. The number of nitrogens with zero attached hydrogens (tertiary/aromatic N) is 5. The standard InChI is InChI=1S/C22H19FN2O.C18H15BrFNO.C14H23BN2O4/c23-19-4-1-16-12-22(13-18(16)11-19)8-10-25(21(22)26)20-5-2-15(3-6-20)17-7-9-24-14-17;19-14-2-5-16(6-3-14)21-8-7-18(17(21)22)10-12-1-4-15(20)9-13(12)11-18;1-12(2,3)19-11(18)17-9-10(8-16-17)15-20-13(4,5)14(6,7)21-15/h1-7,11,14H,8-10,12-13H2;1-6,9H,7-8,10-11H2;8-9H,1-7H3. The van der Waals surface area contributed by atoms with E-state index in [-0.39, 0.29) is 28.9 Å². The number of hydrogen-bond donors (Lipinski definition) is 0. The number of ether oxygens (including phenoxy) is 1. The lowest BCUT2D eigenvalue weighted by atomic mass is 9.82. The molecule has 2 spiro atoms. The lowest BCUT2D eigenvalue weighted by molar-refractivity contribution is -0.125. The van der Waals surface area contributed by atoms with E-state index in [1.165, 1.54) is 12.1 Å². The minimum atomic E-state index is -0.562. The van der Waals surface area contributed by atoms with Gasteiger partial charge >= 0.3 is 13.2 Å². The third-order valence-corrected chi connectivity index (χ3v) is 15.0. The number of rotatable bonds is 4. The molecule has 0 radical (unpaired) electrons. The van der Waals surface area contributed by atoms with Crippen molar-refractivity contribution in [3.8, 4) is 0 Å². The van der Waals surface area contributed by atoms with Crippen molar-refractivity contribution in [1.29, 1.82) is 0 Å². The quantitative estimate of drug-likeness (QED) is 0.165. The van der Waals surface area contributed by atoms with E-state index in [1.807, 2.05) is 113 Å². The summed E-state index contributed by atoms with van der Waals surface area (Å²) in [5.74, 6) is -0.0932. The average molecular weight is 1000 g/mol. The summed E-state index contributed by atoms with van der Waals surface area (Å²) in [6.45, 7) is 15.5. The molecule has 11 nitrogen and oxygen atoms in total. The lowest BCUT2D eigenvalue weighted by Crippen LogP contribution is -2.41. The fourth-order valence-corrected chi connectivity index (χ4v) is 10.3. The fraction of sp³-hybridized carbons (Fsp3) is 0.389. The summed E-state index contributed by atoms with van der Waals surface area (Å²) in [4.78, 5) is 46.1. The van der Waals surface area contributed by atoms with Crippen LogP contribution >= 0.6 is 15.9 Å². The highest BCUT2D eigenvalue weighted by Crippen LogP contribution is 2.48. The monoisotopic (exact) mass is 999 g/mol. The number of halogens is 3. The van der Waals surface area contributed by atoms with Gasteiger partial charge in [-0.25, -0.2) is 13.6 Å². The number of aromatic nitrogens is 2. The van der Waals surface area contributed by atoms with Crippen LogP contribution in [0.25, 0.3) is 5.57 Å². The van der Waals surface area contributed by atoms with Crippen LogP contribution < -0.4 is 15.3 Å². The van der Waals surface area contributed by atoms with Crippen molar-refractivity contribution in [2.45, 2.75) is 104 Å². The molecule has 4 aromatic carbocycles. The molecule has 2 amide bonds. The van der Waals surface area contributed by atoms with Gasteiger partial charge in [-0.15, -0.1) is 0 Å². The van der Waals surface area contributed by atoms with Gasteiger partial charge in [0.1, 0.15) is 17.2 Å². The minimum Gasteiger partial charge on any atom is -0.442 e. The van der Waals surface area contributed by atoms with Gasteiger partial charge in [0, 0.05) is 53.0 Å². The van der Waals surface area contributed by atoms with E-state index in [2.05, 4.69) is 44.2 Å². The van der Waals surface area contributed by atoms with Crippen LogP contribution in [0.5, 0.6) is 0 Å². The van der Waals surface area contributed by atoms with Gasteiger partial charge in [0.2, 0.25) is 11.8 Å². The van der Waals surface area contributed by atoms with Crippen molar-refractivity contribution in [2.24, 2.45) is 15.8 Å². The molecule has 2 aliphatic carbocycles. The van der Waals surface area contributed by atoms with Crippen molar-refractivity contribution < 1.29 is 37.2 Å². The zero-order valence-corrected chi connectivity index (χ0v) is 41.7. The summed E-state index contributed by atoms with van der Waals surface area (Å²) in [5.41, 5.74) is 6.86. The Balaban J connectivity index is 0.000000130. The predicted molar refractivity (Wildman–Crippen MR) is 268 cm³/mol. The highest BCUT2D eigenvalue weighted by Gasteiger charge is 2.53. The van der Waals surface area contributed by atoms with E-state index in [4.69, 9.17) is 14.0 Å². The van der Waals surface area contributed by atoms with Gasteiger partial charge in [-0.2, -0.15) is 9.78 Å². The normalized spacial score (nSPS) is 22.7. The van der Waals surface area contributed by atoms with Crippen molar-refractivity contribution in [3.63, 3.8) is 0 Å². The second-order valence-corrected chi connectivity index (χ2v) is 21.9. The smallest absolute Gasteiger partial charge is 0.442 e. The van der Waals surface area contributed by atoms with Gasteiger partial charge < -0.3 is 23.8 Å². The van der Waals surface area contributed by atoms with Crippen molar-refractivity contribution in [2.75, 3.05) is 29.4 Å². The molecule has 0 bridgehead atoms. The van der Waals surface area contributed by atoms with Crippen LogP contribution in [0.3, 0.4) is 0 Å². The van der Waals surface area contributed by atoms with Crippen molar-refractivity contribution in [1.82, 2.24) is 9.78 Å². The first-order chi connectivity index (χ1) is 32.6. The number of fused-ring (bicyclic) bond motifs is 2. The number of carbonyl (C=O) groups excluding carboxylic acids is 3. The first-order valence-electron chi connectivity index (χ1n) is 23.5. The zero-order valence-electron chi connectivity index (χ0n) is 40.2. The van der Waals surface area contributed by atoms with Crippen LogP contribution in [-0.2, 0) is 49.3 Å². The van der Waals surface area contributed by atoms with Crippen LogP contribution in [0.2, 0.25) is 0 Å². The van der Waals surface area contributed by atoms with Gasteiger partial charge in [-0.05, 0) is 181 Å². The van der Waals surface area contributed by atoms with Gasteiger partial charge in [-0.3, -0.25) is 14.6 Å². The summed E-state index contributed by atoms with van der Waals surface area (Å²) in [6, 6.07) is 25.8. The molecule has 358 valence electrons. The van der Waals surface area contributed by atoms with Crippen LogP contribution in [-0.4, -0.2) is 77.5 Å². The highest BCUT2D eigenvalue weighted by molar-refractivity contribution is 9.10. The Kier molecular flexibility index (Phi) is 12.7. The van der Waals surface area contributed by atoms with Gasteiger partial charge in [0.25, 0.3) is 0 Å². The number of carbonyl (C=O) groups is 3. The molecule has 6 aliphatic rings. The van der Waals surface area contributed by atoms with Crippen molar-refractivity contribution >= 4 is 69.6 Å². The van der Waals surface area contributed by atoms with E-state index < -0.39 is 35.4 Å². The van der Waals surface area contributed by atoms with Crippen molar-refractivity contribution in [3.05, 3.63) is 147 Å². The summed E-state index contributed by atoms with van der Waals surface area (Å²) in [6.07, 6.45) is 11.0. The lowest BCUT2D eigenvalue weighted by Gasteiger charge is -2.32. The first kappa shape index (κ1) is 48.3. The predicted octanol–water partition coefficient (Wildman–Crippen LogP) is 9.89. The molecule has 4 aliphatic heterocycles. The van der Waals surface area contributed by atoms with E-state index in [1.54, 1.807) is 24.5 Å². The maximum Gasteiger partial charge on any atom is 0.498 e. The summed E-state index contributed by atoms with van der Waals surface area (Å²) >= 11 is 3.42. The summed E-state index contributed by atoms with van der Waals surface area (Å²) in [7, 11) is -0.536. The average Bonchev–Trinajstić information content (AvgIpc) is 4.17. The van der Waals surface area contributed by atoms with Crippen LogP contribution in [0.1, 0.15) is 89.1 Å². The van der Waals surface area contributed by atoms with Crippen LogP contribution in [0, 0.1) is 22.5 Å². The molecule has 69 heavy (non-hydrogen) atoms. The Morgan fingerprint density at radius 1 is 0.725 bits per heavy atom. The SMILES string of the molecule is CC(C)(C)OC(=O)n1cc(B2OC(C)(C)C(C)(C)O2)cn1.O=C1N(c2ccc(Br)cc2)CCC12Cc1ccc(F)cc1C2.O=C1N(c2ccc(C3=CCN=C3)cc2)CCC12Cc1ccc(F)cc1C2. The molecule has 0 N–H and O–H groups in total. The number of anilines is 2. The molecule has 5 aromatic rings. The Morgan fingerprint density at radius 2 is 1.22 bits per heavy atom. The van der Waals surface area contributed by atoms with E-state index in [9.17, 15) is 23.2 Å². The molecule has 2 atom stereocenters. The molecule has 3 saturated heterocycles. The second kappa shape index (κ2) is 18.2. The van der Waals surface area contributed by atoms with Gasteiger partial charge in [0.15, 0.2) is 0 Å². The first-order valence-corrected chi connectivity index (χ1v) is 24.3. The number of benzene rings is 4. The number of aliphatic imine (C=N–C) groups is 1. The second-order valence-electron chi connectivity index (χ2n) is 21.0. The Hall–Kier alpha value is -5.77. The Labute approximate surface area is 411 Å². The molecule has 15 heteroatoms. The number of hydrogen-bond acceptors (Lipinski definition) is 8. The molecule has 0 saturated carbocycles. The molecule has 5 heterocycles. The fourth-order valence-electron chi connectivity index (χ4n) is 10.1. The molecule has 11 rings (SSSR count). The third-order valence-electron chi connectivity index (χ3n) is 14.5. The molecule has 2 unspecified atom stereocenters. The number of amides is 2. The van der Waals surface area contributed by atoms with E-state index >= 15 is 0 Å². The molecule has 3 fully saturated rings. The maximum atomic E-state index is 13.5. The summed E-state index contributed by atoms with van der Waals surface area (Å²) in [5, 5.41) is 4.02. The summed E-state index contributed by atoms with van der Waals surface area (Å²) < 4.78 is 46.2. The molecule has 1 aromatic heterocycles. The van der Waals surface area contributed by atoms with Gasteiger partial charge in [-0.1, -0.05) is 46.3 Å².